The lowest BCUT2D eigenvalue weighted by atomic mass is 9.97. The maximum absolute atomic E-state index is 12.6. The van der Waals surface area contributed by atoms with Crippen molar-refractivity contribution >= 4 is 15.8 Å². The highest BCUT2D eigenvalue weighted by atomic mass is 32.2. The molecule has 0 bridgehead atoms. The number of hydrogen-bond acceptors (Lipinski definition) is 4. The molecule has 134 valence electrons. The molecule has 0 radical (unpaired) electrons. The molecule has 3 rings (SSSR count). The van der Waals surface area contributed by atoms with Crippen LogP contribution in [-0.2, 0) is 10.0 Å². The predicted molar refractivity (Wildman–Crippen MR) is 100 cm³/mol. The largest absolute Gasteiger partial charge is 0.357 e. The van der Waals surface area contributed by atoms with Crippen molar-refractivity contribution in [3.05, 3.63) is 53.7 Å². The number of anilines is 1. The summed E-state index contributed by atoms with van der Waals surface area (Å²) in [7, 11) is -3.45. The third-order valence-electron chi connectivity index (χ3n) is 4.77. The van der Waals surface area contributed by atoms with Gasteiger partial charge in [0.2, 0.25) is 10.0 Å². The van der Waals surface area contributed by atoms with Crippen molar-refractivity contribution < 1.29 is 8.42 Å². The van der Waals surface area contributed by atoms with Crippen LogP contribution in [0.2, 0.25) is 0 Å². The summed E-state index contributed by atoms with van der Waals surface area (Å²) in [6, 6.07) is 11.4. The summed E-state index contributed by atoms with van der Waals surface area (Å²) in [4.78, 5) is 7.02. The van der Waals surface area contributed by atoms with Gasteiger partial charge in [-0.15, -0.1) is 0 Å². The van der Waals surface area contributed by atoms with Crippen molar-refractivity contribution in [3.8, 4) is 0 Å². The molecule has 1 aromatic heterocycles. The second kappa shape index (κ2) is 7.54. The first kappa shape index (κ1) is 17.9. The van der Waals surface area contributed by atoms with Crippen LogP contribution in [0.5, 0.6) is 0 Å². The van der Waals surface area contributed by atoms with E-state index in [2.05, 4.69) is 14.6 Å². The molecule has 0 aliphatic carbocycles. The molecule has 6 heteroatoms. The lowest BCUT2D eigenvalue weighted by molar-refractivity contribution is 0.400. The van der Waals surface area contributed by atoms with Crippen molar-refractivity contribution in [2.24, 2.45) is 5.92 Å². The Kier molecular flexibility index (Phi) is 5.39. The Labute approximate surface area is 150 Å². The molecule has 2 aromatic rings. The van der Waals surface area contributed by atoms with Gasteiger partial charge in [-0.05, 0) is 56.4 Å². The van der Waals surface area contributed by atoms with Crippen LogP contribution in [0.15, 0.2) is 47.5 Å². The van der Waals surface area contributed by atoms with E-state index in [-0.39, 0.29) is 0 Å². The number of sulfonamides is 1. The minimum Gasteiger partial charge on any atom is -0.357 e. The molecule has 0 unspecified atom stereocenters. The normalized spacial score (nSPS) is 16.2. The predicted octanol–water partition coefficient (Wildman–Crippen LogP) is 2.89. The van der Waals surface area contributed by atoms with Crippen molar-refractivity contribution in [3.63, 3.8) is 0 Å². The number of aromatic nitrogens is 1. The Morgan fingerprint density at radius 3 is 2.56 bits per heavy atom. The van der Waals surface area contributed by atoms with Crippen LogP contribution < -0.4 is 9.62 Å². The van der Waals surface area contributed by atoms with Gasteiger partial charge in [-0.3, -0.25) is 0 Å². The second-order valence-corrected chi connectivity index (χ2v) is 8.47. The summed E-state index contributed by atoms with van der Waals surface area (Å²) in [6.45, 7) is 6.12. The van der Waals surface area contributed by atoms with Gasteiger partial charge in [-0.1, -0.05) is 23.8 Å². The fourth-order valence-electron chi connectivity index (χ4n) is 3.31. The summed E-state index contributed by atoms with van der Waals surface area (Å²) < 4.78 is 27.9. The molecular weight excluding hydrogens is 334 g/mol. The lowest BCUT2D eigenvalue weighted by Gasteiger charge is -2.32. The van der Waals surface area contributed by atoms with Crippen molar-refractivity contribution in [1.82, 2.24) is 9.71 Å². The molecule has 1 fully saturated rings. The molecule has 0 saturated carbocycles. The van der Waals surface area contributed by atoms with Crippen molar-refractivity contribution in [2.45, 2.75) is 31.6 Å². The topological polar surface area (TPSA) is 62.3 Å². The standard InChI is InChI=1S/C19H25N3O2S/c1-15-6-7-18(16(2)13-15)25(23,24)21-14-17-8-11-22(12-9-17)19-5-3-4-10-20-19/h3-7,10,13,17,21H,8-9,11-12,14H2,1-2H3. The number of rotatable bonds is 5. The molecule has 1 saturated heterocycles. The number of piperidine rings is 1. The van der Waals surface area contributed by atoms with Crippen LogP contribution in [0, 0.1) is 19.8 Å². The highest BCUT2D eigenvalue weighted by molar-refractivity contribution is 7.89. The number of hydrogen-bond donors (Lipinski definition) is 1. The van der Waals surface area contributed by atoms with Gasteiger partial charge in [-0.25, -0.2) is 18.1 Å². The Bertz CT molecular complexity index is 814. The van der Waals surface area contributed by atoms with Crippen molar-refractivity contribution in [2.75, 3.05) is 24.5 Å². The fraction of sp³-hybridized carbons (Fsp3) is 0.421. The highest BCUT2D eigenvalue weighted by Crippen LogP contribution is 2.22. The second-order valence-electron chi connectivity index (χ2n) is 6.74. The number of nitrogens with zero attached hydrogens (tertiary/aromatic N) is 2. The zero-order valence-corrected chi connectivity index (χ0v) is 15.6. The van der Waals surface area contributed by atoms with Gasteiger partial charge in [0.05, 0.1) is 4.90 Å². The average Bonchev–Trinajstić information content (AvgIpc) is 2.61. The molecule has 0 amide bonds. The third kappa shape index (κ3) is 4.38. The molecule has 0 spiro atoms. The lowest BCUT2D eigenvalue weighted by Crippen LogP contribution is -2.39. The minimum absolute atomic E-state index is 0.362. The highest BCUT2D eigenvalue weighted by Gasteiger charge is 2.23. The van der Waals surface area contributed by atoms with Gasteiger partial charge >= 0.3 is 0 Å². The van der Waals surface area contributed by atoms with Gasteiger partial charge in [0.15, 0.2) is 0 Å². The van der Waals surface area contributed by atoms with E-state index in [1.54, 1.807) is 12.3 Å². The first-order chi connectivity index (χ1) is 12.0. The van der Waals surface area contributed by atoms with Crippen molar-refractivity contribution in [1.29, 1.82) is 0 Å². The van der Waals surface area contributed by atoms with Crippen LogP contribution in [0.4, 0.5) is 5.82 Å². The van der Waals surface area contributed by atoms with Crippen LogP contribution in [0.3, 0.4) is 0 Å². The smallest absolute Gasteiger partial charge is 0.240 e. The average molecular weight is 359 g/mol. The number of aryl methyl sites for hydroxylation is 2. The third-order valence-corrected chi connectivity index (χ3v) is 6.35. The zero-order valence-electron chi connectivity index (χ0n) is 14.8. The molecule has 1 aliphatic heterocycles. The van der Waals surface area contributed by atoms with Gasteiger partial charge < -0.3 is 4.90 Å². The Hall–Kier alpha value is -1.92. The maximum Gasteiger partial charge on any atom is 0.240 e. The van der Waals surface area contributed by atoms with Crippen LogP contribution in [-0.4, -0.2) is 33.0 Å². The number of nitrogens with one attached hydrogen (secondary N) is 1. The van der Waals surface area contributed by atoms with E-state index >= 15 is 0 Å². The van der Waals surface area contributed by atoms with E-state index < -0.39 is 10.0 Å². The summed E-state index contributed by atoms with van der Waals surface area (Å²) in [6.07, 6.45) is 3.73. The quantitative estimate of drug-likeness (QED) is 0.892. The van der Waals surface area contributed by atoms with Crippen LogP contribution in [0.25, 0.3) is 0 Å². The van der Waals surface area contributed by atoms with E-state index in [0.29, 0.717) is 17.4 Å². The van der Waals surface area contributed by atoms with Gasteiger partial charge in [0.25, 0.3) is 0 Å². The van der Waals surface area contributed by atoms with E-state index in [0.717, 1.165) is 42.9 Å². The Morgan fingerprint density at radius 1 is 1.16 bits per heavy atom. The van der Waals surface area contributed by atoms with E-state index in [9.17, 15) is 8.42 Å². The van der Waals surface area contributed by atoms with Crippen LogP contribution >= 0.6 is 0 Å². The van der Waals surface area contributed by atoms with Gasteiger partial charge in [0, 0.05) is 25.8 Å². The summed E-state index contributed by atoms with van der Waals surface area (Å²) in [5.74, 6) is 1.36. The van der Waals surface area contributed by atoms with E-state index in [4.69, 9.17) is 0 Å². The SMILES string of the molecule is Cc1ccc(S(=O)(=O)NCC2CCN(c3ccccn3)CC2)c(C)c1. The summed E-state index contributed by atoms with van der Waals surface area (Å²) >= 11 is 0. The summed E-state index contributed by atoms with van der Waals surface area (Å²) in [5, 5.41) is 0. The molecule has 2 heterocycles. The zero-order chi connectivity index (χ0) is 17.9. The van der Waals surface area contributed by atoms with E-state index in [1.807, 2.05) is 44.2 Å². The molecule has 5 nitrogen and oxygen atoms in total. The van der Waals surface area contributed by atoms with Gasteiger partial charge in [-0.2, -0.15) is 0 Å². The molecule has 1 aliphatic rings. The monoisotopic (exact) mass is 359 g/mol. The molecule has 1 N–H and O–H groups in total. The number of benzene rings is 1. The molecular formula is C19H25N3O2S. The summed E-state index contributed by atoms with van der Waals surface area (Å²) in [5.41, 5.74) is 1.86. The van der Waals surface area contributed by atoms with Crippen LogP contribution in [0.1, 0.15) is 24.0 Å². The Morgan fingerprint density at radius 2 is 1.92 bits per heavy atom. The first-order valence-electron chi connectivity index (χ1n) is 8.68. The minimum atomic E-state index is -3.45. The fourth-order valence-corrected chi connectivity index (χ4v) is 4.65. The maximum atomic E-state index is 12.6. The number of pyridine rings is 1. The molecule has 1 aromatic carbocycles. The van der Waals surface area contributed by atoms with E-state index in [1.165, 1.54) is 0 Å². The molecule has 25 heavy (non-hydrogen) atoms. The molecule has 0 atom stereocenters. The van der Waals surface area contributed by atoms with Gasteiger partial charge in [0.1, 0.15) is 5.82 Å². The first-order valence-corrected chi connectivity index (χ1v) is 10.2. The Balaban J connectivity index is 1.56.